The molecule has 0 aromatic heterocycles. The summed E-state index contributed by atoms with van der Waals surface area (Å²) >= 11 is 0. The number of rotatable bonds is 5. The first-order valence-corrected chi connectivity index (χ1v) is 11.4. The SMILES string of the molecule is CCCC[C@@]1(C#C[Si](C)(C)C)O[C@H]1/C=C/c1ccccc1. The maximum Gasteiger partial charge on any atom is 0.158 e. The Morgan fingerprint density at radius 2 is 1.95 bits per heavy atom. The molecule has 0 spiro atoms. The smallest absolute Gasteiger partial charge is 0.158 e. The van der Waals surface area contributed by atoms with E-state index in [9.17, 15) is 0 Å². The average molecular weight is 299 g/mol. The van der Waals surface area contributed by atoms with Crippen LogP contribution in [0.1, 0.15) is 31.7 Å². The molecule has 0 saturated carbocycles. The molecule has 112 valence electrons. The number of hydrogen-bond donors (Lipinski definition) is 0. The van der Waals surface area contributed by atoms with Gasteiger partial charge in [0.25, 0.3) is 0 Å². The fraction of sp³-hybridized carbons (Fsp3) is 0.474. The number of benzene rings is 1. The van der Waals surface area contributed by atoms with Gasteiger partial charge < -0.3 is 4.74 Å². The number of hydrogen-bond acceptors (Lipinski definition) is 1. The molecule has 0 radical (unpaired) electrons. The summed E-state index contributed by atoms with van der Waals surface area (Å²) in [6.45, 7) is 9.07. The van der Waals surface area contributed by atoms with Crippen molar-refractivity contribution in [3.05, 3.63) is 42.0 Å². The quantitative estimate of drug-likeness (QED) is 0.427. The Hall–Kier alpha value is -1.30. The predicted octanol–water partition coefficient (Wildman–Crippen LogP) is 4.91. The second kappa shape index (κ2) is 6.64. The summed E-state index contributed by atoms with van der Waals surface area (Å²) in [6.07, 6.45) is 7.89. The third-order valence-corrected chi connectivity index (χ3v) is 4.43. The highest BCUT2D eigenvalue weighted by Crippen LogP contribution is 2.42. The van der Waals surface area contributed by atoms with Crippen LogP contribution < -0.4 is 0 Å². The molecule has 0 aliphatic carbocycles. The van der Waals surface area contributed by atoms with Crippen molar-refractivity contribution < 1.29 is 4.74 Å². The van der Waals surface area contributed by atoms with Gasteiger partial charge in [0.15, 0.2) is 5.60 Å². The zero-order valence-electron chi connectivity index (χ0n) is 13.6. The van der Waals surface area contributed by atoms with Gasteiger partial charge in [-0.15, -0.1) is 5.54 Å². The summed E-state index contributed by atoms with van der Waals surface area (Å²) in [5.74, 6) is 3.47. The zero-order chi connectivity index (χ0) is 15.3. The molecule has 2 heteroatoms. The second-order valence-corrected chi connectivity index (χ2v) is 11.6. The van der Waals surface area contributed by atoms with Crippen LogP contribution in [0.3, 0.4) is 0 Å². The molecule has 0 amide bonds. The summed E-state index contributed by atoms with van der Waals surface area (Å²) in [5, 5.41) is 0. The molecule has 21 heavy (non-hydrogen) atoms. The molecular formula is C19H26OSi. The summed E-state index contributed by atoms with van der Waals surface area (Å²) in [5.41, 5.74) is 4.50. The normalized spacial score (nSPS) is 24.7. The first-order valence-electron chi connectivity index (χ1n) is 7.91. The van der Waals surface area contributed by atoms with Gasteiger partial charge >= 0.3 is 0 Å². The zero-order valence-corrected chi connectivity index (χ0v) is 14.6. The first kappa shape index (κ1) is 16.1. The van der Waals surface area contributed by atoms with Gasteiger partial charge in [-0.3, -0.25) is 0 Å². The van der Waals surface area contributed by atoms with E-state index in [4.69, 9.17) is 4.74 Å². The van der Waals surface area contributed by atoms with Crippen LogP contribution in [0.4, 0.5) is 0 Å². The van der Waals surface area contributed by atoms with E-state index in [0.717, 1.165) is 6.42 Å². The van der Waals surface area contributed by atoms with Crippen LogP contribution in [-0.2, 0) is 4.74 Å². The Kier molecular flexibility index (Phi) is 5.08. The fourth-order valence-corrected chi connectivity index (χ4v) is 2.83. The standard InChI is InChI=1S/C19H26OSi/c1-5-6-14-19(15-16-21(2,3)4)18(20-19)13-12-17-10-8-7-9-11-17/h7-13,18H,5-6,14H2,1-4H3/b13-12+/t18-,19-/m0/s1. The molecule has 1 aliphatic heterocycles. The number of unbranched alkanes of at least 4 members (excludes halogenated alkanes) is 1. The molecule has 1 aromatic carbocycles. The van der Waals surface area contributed by atoms with Crippen molar-refractivity contribution in [2.75, 3.05) is 0 Å². The van der Waals surface area contributed by atoms with Crippen molar-refractivity contribution in [1.29, 1.82) is 0 Å². The molecule has 1 saturated heterocycles. The van der Waals surface area contributed by atoms with Gasteiger partial charge in [-0.1, -0.05) is 81.4 Å². The summed E-state index contributed by atoms with van der Waals surface area (Å²) in [7, 11) is -1.35. The summed E-state index contributed by atoms with van der Waals surface area (Å²) < 4.78 is 5.99. The lowest BCUT2D eigenvalue weighted by Gasteiger charge is -2.07. The largest absolute Gasteiger partial charge is 0.348 e. The Balaban J connectivity index is 2.07. The lowest BCUT2D eigenvalue weighted by atomic mass is 9.98. The molecular weight excluding hydrogens is 272 g/mol. The molecule has 0 N–H and O–H groups in total. The van der Waals surface area contributed by atoms with Gasteiger partial charge in [-0.05, 0) is 18.4 Å². The van der Waals surface area contributed by atoms with Crippen molar-refractivity contribution in [3.63, 3.8) is 0 Å². The monoisotopic (exact) mass is 298 g/mol. The Morgan fingerprint density at radius 3 is 2.57 bits per heavy atom. The highest BCUT2D eigenvalue weighted by Gasteiger charge is 2.53. The van der Waals surface area contributed by atoms with Crippen LogP contribution in [0.5, 0.6) is 0 Å². The molecule has 1 nitrogen and oxygen atoms in total. The Labute approximate surface area is 130 Å². The topological polar surface area (TPSA) is 12.5 Å². The van der Waals surface area contributed by atoms with Crippen molar-refractivity contribution in [1.82, 2.24) is 0 Å². The minimum atomic E-state index is -1.35. The number of epoxide rings is 1. The fourth-order valence-electron chi connectivity index (χ4n) is 2.25. The Bertz CT molecular complexity index is 544. The average Bonchev–Trinajstić information content (AvgIpc) is 3.15. The van der Waals surface area contributed by atoms with Crippen molar-refractivity contribution in [3.8, 4) is 11.5 Å². The second-order valence-electron chi connectivity index (χ2n) is 6.80. The van der Waals surface area contributed by atoms with E-state index in [0.29, 0.717) is 0 Å². The van der Waals surface area contributed by atoms with Crippen LogP contribution in [0.2, 0.25) is 19.6 Å². The number of ether oxygens (including phenoxy) is 1. The first-order chi connectivity index (χ1) is 9.95. The van der Waals surface area contributed by atoms with Crippen LogP contribution in [-0.4, -0.2) is 19.8 Å². The van der Waals surface area contributed by atoms with E-state index < -0.39 is 8.07 Å². The van der Waals surface area contributed by atoms with Crippen molar-refractivity contribution >= 4 is 14.1 Å². The van der Waals surface area contributed by atoms with E-state index in [1.165, 1.54) is 18.4 Å². The lowest BCUT2D eigenvalue weighted by Crippen LogP contribution is -2.19. The molecule has 1 fully saturated rings. The van der Waals surface area contributed by atoms with Gasteiger partial charge in [0, 0.05) is 0 Å². The van der Waals surface area contributed by atoms with E-state index in [1.807, 2.05) is 6.07 Å². The van der Waals surface area contributed by atoms with Crippen LogP contribution in [0.15, 0.2) is 36.4 Å². The van der Waals surface area contributed by atoms with Crippen molar-refractivity contribution in [2.24, 2.45) is 0 Å². The molecule has 2 atom stereocenters. The molecule has 1 aromatic rings. The minimum Gasteiger partial charge on any atom is -0.348 e. The molecule has 0 unspecified atom stereocenters. The van der Waals surface area contributed by atoms with Gasteiger partial charge in [0.1, 0.15) is 14.2 Å². The predicted molar refractivity (Wildman–Crippen MR) is 93.7 cm³/mol. The van der Waals surface area contributed by atoms with E-state index in [2.05, 4.69) is 74.4 Å². The molecule has 1 aliphatic rings. The summed E-state index contributed by atoms with van der Waals surface area (Å²) in [6, 6.07) is 10.4. The maximum atomic E-state index is 5.99. The molecule has 0 bridgehead atoms. The Morgan fingerprint density at radius 1 is 1.24 bits per heavy atom. The highest BCUT2D eigenvalue weighted by molar-refractivity contribution is 6.83. The summed E-state index contributed by atoms with van der Waals surface area (Å²) in [4.78, 5) is 0. The highest BCUT2D eigenvalue weighted by atomic mass is 28.3. The maximum absolute atomic E-state index is 5.99. The molecule has 2 rings (SSSR count). The van der Waals surface area contributed by atoms with Gasteiger partial charge in [-0.2, -0.15) is 0 Å². The molecule has 1 heterocycles. The van der Waals surface area contributed by atoms with Gasteiger partial charge in [-0.25, -0.2) is 0 Å². The lowest BCUT2D eigenvalue weighted by molar-refractivity contribution is 0.330. The van der Waals surface area contributed by atoms with Crippen LogP contribution in [0.25, 0.3) is 6.08 Å². The minimum absolute atomic E-state index is 0.160. The van der Waals surface area contributed by atoms with E-state index in [1.54, 1.807) is 0 Å². The van der Waals surface area contributed by atoms with E-state index >= 15 is 0 Å². The van der Waals surface area contributed by atoms with Crippen LogP contribution in [0, 0.1) is 11.5 Å². The third-order valence-electron chi connectivity index (χ3n) is 3.55. The van der Waals surface area contributed by atoms with Gasteiger partial charge in [0.2, 0.25) is 0 Å². The van der Waals surface area contributed by atoms with Crippen LogP contribution >= 0.6 is 0 Å². The van der Waals surface area contributed by atoms with E-state index in [-0.39, 0.29) is 11.7 Å². The third kappa shape index (κ3) is 4.88. The van der Waals surface area contributed by atoms with Crippen molar-refractivity contribution in [2.45, 2.75) is 57.5 Å². The van der Waals surface area contributed by atoms with Gasteiger partial charge in [0.05, 0.1) is 0 Å².